The van der Waals surface area contributed by atoms with E-state index in [4.69, 9.17) is 15.6 Å². The second-order valence-corrected chi connectivity index (χ2v) is 5.60. The lowest BCUT2D eigenvalue weighted by Gasteiger charge is -2.30. The van der Waals surface area contributed by atoms with Crippen LogP contribution in [0.2, 0.25) is 0 Å². The zero-order chi connectivity index (χ0) is 18.2. The number of rotatable bonds is 7. The molecule has 0 spiro atoms. The molecule has 0 saturated carbocycles. The maximum Gasteiger partial charge on any atom is 0.404 e. The number of nitrogens with two attached hydrogens (primary N) is 1. The van der Waals surface area contributed by atoms with Crippen LogP contribution in [0.4, 0.5) is 15.1 Å². The van der Waals surface area contributed by atoms with Crippen molar-refractivity contribution in [3.8, 4) is 5.75 Å². The van der Waals surface area contributed by atoms with E-state index in [2.05, 4.69) is 15.3 Å². The van der Waals surface area contributed by atoms with Gasteiger partial charge in [-0.1, -0.05) is 0 Å². The van der Waals surface area contributed by atoms with Gasteiger partial charge in [0, 0.05) is 31.1 Å². The Bertz CT molecular complexity index is 629. The van der Waals surface area contributed by atoms with Crippen LogP contribution < -0.4 is 20.7 Å². The Morgan fingerprint density at radius 2 is 2.04 bits per heavy atom. The molecule has 0 aromatic carbocycles. The second kappa shape index (κ2) is 8.81. The van der Waals surface area contributed by atoms with E-state index in [9.17, 15) is 14.0 Å². The highest BCUT2D eigenvalue weighted by molar-refractivity contribution is 5.76. The Hall–Kier alpha value is -2.91. The number of carboxylic acid groups (broad SMARTS) is 1. The van der Waals surface area contributed by atoms with Crippen molar-refractivity contribution in [2.24, 2.45) is 11.7 Å². The summed E-state index contributed by atoms with van der Waals surface area (Å²) >= 11 is 0. The van der Waals surface area contributed by atoms with Crippen molar-refractivity contribution in [2.45, 2.75) is 12.8 Å². The quantitative estimate of drug-likeness (QED) is 0.657. The first-order valence-corrected chi connectivity index (χ1v) is 7.73. The molecule has 1 saturated heterocycles. The van der Waals surface area contributed by atoms with Gasteiger partial charge >= 0.3 is 6.09 Å². The molecule has 1 aliphatic rings. The lowest BCUT2D eigenvalue weighted by Crippen LogP contribution is -2.39. The largest absolute Gasteiger partial charge is 0.486 e. The molecular weight excluding hydrogens is 333 g/mol. The van der Waals surface area contributed by atoms with Gasteiger partial charge in [0.25, 0.3) is 0 Å². The van der Waals surface area contributed by atoms with Crippen LogP contribution in [0.5, 0.6) is 5.75 Å². The molecule has 10 heteroatoms. The number of hydrogen-bond acceptors (Lipinski definition) is 6. The number of aromatic nitrogens is 2. The number of carbonyl (C=O) groups is 2. The van der Waals surface area contributed by atoms with Gasteiger partial charge in [-0.05, 0) is 12.8 Å². The Morgan fingerprint density at radius 3 is 2.56 bits per heavy atom. The zero-order valence-corrected chi connectivity index (χ0v) is 13.5. The second-order valence-electron chi connectivity index (χ2n) is 5.60. The minimum Gasteiger partial charge on any atom is -0.486 e. The third kappa shape index (κ3) is 5.59. The summed E-state index contributed by atoms with van der Waals surface area (Å²) in [6, 6.07) is 0. The normalized spacial score (nSPS) is 15.7. The van der Waals surface area contributed by atoms with Crippen LogP contribution >= 0.6 is 0 Å². The molecule has 0 atom stereocenters. The van der Waals surface area contributed by atoms with Gasteiger partial charge in [-0.15, -0.1) is 0 Å². The van der Waals surface area contributed by atoms with Crippen molar-refractivity contribution in [2.75, 3.05) is 31.1 Å². The number of ether oxygens (including phenoxy) is 1. The van der Waals surface area contributed by atoms with E-state index in [0.717, 1.165) is 0 Å². The number of primary amides is 1. The van der Waals surface area contributed by atoms with Gasteiger partial charge in [0.05, 0.1) is 18.7 Å². The van der Waals surface area contributed by atoms with Crippen LogP contribution in [0.25, 0.3) is 0 Å². The van der Waals surface area contributed by atoms with Gasteiger partial charge in [-0.3, -0.25) is 4.79 Å². The fourth-order valence-electron chi connectivity index (χ4n) is 2.40. The van der Waals surface area contributed by atoms with Crippen molar-refractivity contribution in [3.63, 3.8) is 0 Å². The van der Waals surface area contributed by atoms with Gasteiger partial charge in [0.1, 0.15) is 6.61 Å². The fourth-order valence-corrected chi connectivity index (χ4v) is 2.40. The molecular formula is C15H20FN5O4. The molecule has 1 aromatic heterocycles. The minimum atomic E-state index is -1.24. The number of carbonyl (C=O) groups excluding carboxylic acids is 1. The topological polar surface area (TPSA) is 131 Å². The number of hydrogen-bond donors (Lipinski definition) is 3. The molecule has 4 N–H and O–H groups in total. The van der Waals surface area contributed by atoms with Crippen LogP contribution in [0.1, 0.15) is 12.8 Å². The van der Waals surface area contributed by atoms with Gasteiger partial charge in [0.15, 0.2) is 5.75 Å². The average molecular weight is 353 g/mol. The summed E-state index contributed by atoms with van der Waals surface area (Å²) in [5.74, 6) is 0.470. The number of anilines is 1. The van der Waals surface area contributed by atoms with Crippen LogP contribution in [0.15, 0.2) is 24.3 Å². The van der Waals surface area contributed by atoms with Gasteiger partial charge in [-0.2, -0.15) is 0 Å². The van der Waals surface area contributed by atoms with Crippen LogP contribution in [0, 0.1) is 5.92 Å². The molecule has 0 aliphatic carbocycles. The summed E-state index contributed by atoms with van der Waals surface area (Å²) in [6.45, 7) is 0.996. The van der Waals surface area contributed by atoms with Gasteiger partial charge < -0.3 is 25.8 Å². The Labute approximate surface area is 143 Å². The number of halogens is 1. The van der Waals surface area contributed by atoms with Crippen molar-refractivity contribution in [1.29, 1.82) is 0 Å². The molecule has 9 nitrogen and oxygen atoms in total. The zero-order valence-electron chi connectivity index (χ0n) is 13.5. The predicted octanol–water partition coefficient (Wildman–Crippen LogP) is 0.678. The number of piperidine rings is 1. The molecule has 2 amide bonds. The number of nitrogens with one attached hydrogen (secondary N) is 1. The lowest BCUT2D eigenvalue weighted by atomic mass is 9.96. The Morgan fingerprint density at radius 1 is 1.40 bits per heavy atom. The van der Waals surface area contributed by atoms with Gasteiger partial charge in [0.2, 0.25) is 11.9 Å². The Balaban J connectivity index is 1.84. The first-order chi connectivity index (χ1) is 12.0. The van der Waals surface area contributed by atoms with Crippen molar-refractivity contribution in [1.82, 2.24) is 15.3 Å². The third-order valence-electron chi connectivity index (χ3n) is 3.84. The smallest absolute Gasteiger partial charge is 0.404 e. The predicted molar refractivity (Wildman–Crippen MR) is 86.9 cm³/mol. The summed E-state index contributed by atoms with van der Waals surface area (Å²) in [6.07, 6.45) is 3.31. The monoisotopic (exact) mass is 353 g/mol. The highest BCUT2D eigenvalue weighted by Gasteiger charge is 2.24. The van der Waals surface area contributed by atoms with E-state index in [1.807, 2.05) is 4.90 Å². The number of amides is 2. The average Bonchev–Trinajstić information content (AvgIpc) is 2.62. The first-order valence-electron chi connectivity index (χ1n) is 7.73. The summed E-state index contributed by atoms with van der Waals surface area (Å²) < 4.78 is 18.0. The minimum absolute atomic E-state index is 0.107. The van der Waals surface area contributed by atoms with Crippen molar-refractivity contribution in [3.05, 3.63) is 24.3 Å². The summed E-state index contributed by atoms with van der Waals surface area (Å²) in [5.41, 5.74) is 5.44. The highest BCUT2D eigenvalue weighted by atomic mass is 19.1. The molecule has 0 bridgehead atoms. The van der Waals surface area contributed by atoms with E-state index >= 15 is 0 Å². The van der Waals surface area contributed by atoms with Crippen LogP contribution in [0.3, 0.4) is 0 Å². The maximum absolute atomic E-state index is 12.7. The summed E-state index contributed by atoms with van der Waals surface area (Å²) in [4.78, 5) is 31.9. The van der Waals surface area contributed by atoms with Gasteiger partial charge in [-0.25, -0.2) is 19.2 Å². The number of nitrogens with zero attached hydrogens (tertiary/aromatic N) is 3. The molecule has 1 aliphatic heterocycles. The van der Waals surface area contributed by atoms with Crippen molar-refractivity contribution < 1.29 is 23.8 Å². The van der Waals surface area contributed by atoms with E-state index in [1.165, 1.54) is 12.4 Å². The Kier molecular flexibility index (Phi) is 6.49. The third-order valence-corrected chi connectivity index (χ3v) is 3.84. The molecule has 1 aromatic rings. The molecule has 2 rings (SSSR count). The molecule has 25 heavy (non-hydrogen) atoms. The van der Waals surface area contributed by atoms with E-state index in [-0.39, 0.29) is 30.5 Å². The maximum atomic E-state index is 12.7. The summed E-state index contributed by atoms with van der Waals surface area (Å²) in [7, 11) is 0. The van der Waals surface area contributed by atoms with E-state index in [1.54, 1.807) is 0 Å². The highest BCUT2D eigenvalue weighted by Crippen LogP contribution is 2.21. The molecule has 0 unspecified atom stereocenters. The summed E-state index contributed by atoms with van der Waals surface area (Å²) in [5, 5.41) is 10.5. The standard InChI is InChI=1S/C15H20FN5O4/c16-5-10(6-20-15(23)24)9-25-12-7-18-14(19-8-12)21-3-1-11(2-4-21)13(17)22/h5,7-8,11,20H,1-4,6,9H2,(H2,17,22)(H,23,24)/b10-5+. The first kappa shape index (κ1) is 18.4. The molecule has 0 radical (unpaired) electrons. The van der Waals surface area contributed by atoms with E-state index < -0.39 is 6.09 Å². The molecule has 1 fully saturated rings. The van der Waals surface area contributed by atoms with E-state index in [0.29, 0.717) is 44.0 Å². The van der Waals surface area contributed by atoms with Crippen molar-refractivity contribution >= 4 is 17.9 Å². The lowest BCUT2D eigenvalue weighted by molar-refractivity contribution is -0.122. The molecule has 2 heterocycles. The van der Waals surface area contributed by atoms with Crippen LogP contribution in [-0.4, -0.2) is 53.3 Å². The SMILES string of the molecule is NC(=O)C1CCN(c2ncc(OC/C(=C/F)CNC(=O)O)cn2)CC1. The van der Waals surface area contributed by atoms with Crippen LogP contribution in [-0.2, 0) is 4.79 Å². The fraction of sp³-hybridized carbons (Fsp3) is 0.467. The molecule has 136 valence electrons.